The van der Waals surface area contributed by atoms with Gasteiger partial charge in [0, 0.05) is 33.3 Å². The minimum atomic E-state index is -0.519. The first-order valence-corrected chi connectivity index (χ1v) is 6.25. The average Bonchev–Trinajstić information content (AvgIpc) is 2.18. The lowest BCUT2D eigenvalue weighted by molar-refractivity contribution is 0.313. The second-order valence-electron chi connectivity index (χ2n) is 2.71. The third kappa shape index (κ3) is 3.90. The minimum Gasteiger partial charge on any atom is -0.335 e. The van der Waals surface area contributed by atoms with Crippen molar-refractivity contribution in [1.82, 2.24) is 9.34 Å². The van der Waals surface area contributed by atoms with E-state index in [0.29, 0.717) is 0 Å². The van der Waals surface area contributed by atoms with Crippen LogP contribution in [0.2, 0.25) is 0 Å². The number of hydrogen-bond donors (Lipinski definition) is 0. The van der Waals surface area contributed by atoms with Gasteiger partial charge in [0.25, 0.3) is 0 Å². The molecular formula is C9H23N2OP. The molecule has 3 nitrogen and oxygen atoms in total. The molecule has 0 aliphatic rings. The van der Waals surface area contributed by atoms with Crippen molar-refractivity contribution in [2.24, 2.45) is 0 Å². The first-order valence-electron chi connectivity index (χ1n) is 5.08. The molecule has 0 saturated carbocycles. The maximum Gasteiger partial charge on any atom is 0.187 e. The molecule has 4 heteroatoms. The van der Waals surface area contributed by atoms with Gasteiger partial charge >= 0.3 is 0 Å². The molecule has 0 aromatic heterocycles. The predicted octanol–water partition coefficient (Wildman–Crippen LogP) is 2.54. The Kier molecular flexibility index (Phi) is 7.87. The second-order valence-corrected chi connectivity index (χ2v) is 4.72. The summed E-state index contributed by atoms with van der Waals surface area (Å²) in [5, 5.41) is 0. The van der Waals surface area contributed by atoms with Crippen LogP contribution in [0, 0.1) is 0 Å². The highest BCUT2D eigenvalue weighted by Gasteiger charge is 2.21. The van der Waals surface area contributed by atoms with Crippen LogP contribution in [0.25, 0.3) is 0 Å². The normalized spacial score (nSPS) is 12.0. The Morgan fingerprint density at radius 3 is 1.31 bits per heavy atom. The van der Waals surface area contributed by atoms with Crippen molar-refractivity contribution < 1.29 is 4.52 Å². The van der Waals surface area contributed by atoms with Crippen LogP contribution in [0.1, 0.15) is 27.7 Å². The zero-order valence-electron chi connectivity index (χ0n) is 9.58. The second kappa shape index (κ2) is 7.69. The molecule has 80 valence electrons. The van der Waals surface area contributed by atoms with Gasteiger partial charge in [-0.25, -0.2) is 9.34 Å². The van der Waals surface area contributed by atoms with E-state index in [1.165, 1.54) is 0 Å². The van der Waals surface area contributed by atoms with Crippen LogP contribution in [0.3, 0.4) is 0 Å². The van der Waals surface area contributed by atoms with Crippen molar-refractivity contribution in [3.63, 3.8) is 0 Å². The summed E-state index contributed by atoms with van der Waals surface area (Å²) in [4.78, 5) is 0. The summed E-state index contributed by atoms with van der Waals surface area (Å²) in [5.74, 6) is 0. The van der Waals surface area contributed by atoms with Gasteiger partial charge in [0.15, 0.2) is 8.45 Å². The number of nitrogens with zero attached hydrogens (tertiary/aromatic N) is 2. The highest BCUT2D eigenvalue weighted by Crippen LogP contribution is 2.43. The van der Waals surface area contributed by atoms with Crippen molar-refractivity contribution in [2.45, 2.75) is 27.7 Å². The SMILES string of the molecule is CCN(CC)P(OC)N(CC)CC. The van der Waals surface area contributed by atoms with E-state index in [0.717, 1.165) is 26.2 Å². The maximum atomic E-state index is 5.55. The summed E-state index contributed by atoms with van der Waals surface area (Å²) < 4.78 is 10.3. The minimum absolute atomic E-state index is 0.519. The Balaban J connectivity index is 4.26. The largest absolute Gasteiger partial charge is 0.335 e. The molecule has 0 N–H and O–H groups in total. The van der Waals surface area contributed by atoms with E-state index < -0.39 is 8.45 Å². The van der Waals surface area contributed by atoms with Gasteiger partial charge in [-0.15, -0.1) is 0 Å². The van der Waals surface area contributed by atoms with E-state index in [4.69, 9.17) is 4.52 Å². The van der Waals surface area contributed by atoms with Crippen LogP contribution >= 0.6 is 8.45 Å². The van der Waals surface area contributed by atoms with Crippen molar-refractivity contribution in [3.8, 4) is 0 Å². The Morgan fingerprint density at radius 2 is 1.15 bits per heavy atom. The van der Waals surface area contributed by atoms with Gasteiger partial charge in [-0.2, -0.15) is 0 Å². The Morgan fingerprint density at radius 1 is 0.846 bits per heavy atom. The fraction of sp³-hybridized carbons (Fsp3) is 1.00. The van der Waals surface area contributed by atoms with Crippen LogP contribution < -0.4 is 0 Å². The summed E-state index contributed by atoms with van der Waals surface area (Å²) in [6.45, 7) is 13.0. The van der Waals surface area contributed by atoms with Crippen LogP contribution in [0.4, 0.5) is 0 Å². The van der Waals surface area contributed by atoms with Gasteiger partial charge in [-0.3, -0.25) is 0 Å². The molecule has 0 amide bonds. The van der Waals surface area contributed by atoms with Crippen molar-refractivity contribution >= 4 is 8.45 Å². The smallest absolute Gasteiger partial charge is 0.187 e. The maximum absolute atomic E-state index is 5.55. The molecule has 13 heavy (non-hydrogen) atoms. The topological polar surface area (TPSA) is 15.7 Å². The van der Waals surface area contributed by atoms with E-state index in [-0.39, 0.29) is 0 Å². The Bertz CT molecular complexity index is 104. The molecule has 0 aliphatic carbocycles. The van der Waals surface area contributed by atoms with E-state index in [9.17, 15) is 0 Å². The van der Waals surface area contributed by atoms with E-state index >= 15 is 0 Å². The number of hydrogen-bond acceptors (Lipinski definition) is 3. The molecular weight excluding hydrogens is 183 g/mol. The van der Waals surface area contributed by atoms with Crippen molar-refractivity contribution in [2.75, 3.05) is 33.3 Å². The quantitative estimate of drug-likeness (QED) is 0.595. The summed E-state index contributed by atoms with van der Waals surface area (Å²) in [6, 6.07) is 0. The molecule has 0 aromatic carbocycles. The highest BCUT2D eigenvalue weighted by atomic mass is 31.2. The third-order valence-corrected chi connectivity index (χ3v) is 4.53. The van der Waals surface area contributed by atoms with Gasteiger partial charge in [-0.1, -0.05) is 27.7 Å². The van der Waals surface area contributed by atoms with Crippen molar-refractivity contribution in [3.05, 3.63) is 0 Å². The van der Waals surface area contributed by atoms with E-state index in [2.05, 4.69) is 37.0 Å². The predicted molar refractivity (Wildman–Crippen MR) is 59.8 cm³/mol. The molecule has 0 unspecified atom stereocenters. The standard InChI is InChI=1S/C9H23N2OP/c1-6-10(7-2)13(12-5)11(8-3)9-4/h6-9H2,1-5H3. The van der Waals surface area contributed by atoms with E-state index in [1.54, 1.807) is 0 Å². The van der Waals surface area contributed by atoms with E-state index in [1.807, 2.05) is 7.11 Å². The molecule has 0 spiro atoms. The Labute approximate surface area is 84.0 Å². The molecule has 0 saturated heterocycles. The monoisotopic (exact) mass is 206 g/mol. The average molecular weight is 206 g/mol. The Hall–Kier alpha value is 0.310. The zero-order chi connectivity index (χ0) is 10.3. The lowest BCUT2D eigenvalue weighted by Crippen LogP contribution is -2.29. The van der Waals surface area contributed by atoms with Crippen molar-refractivity contribution in [1.29, 1.82) is 0 Å². The molecule has 0 rings (SSSR count). The van der Waals surface area contributed by atoms with Crippen LogP contribution in [-0.4, -0.2) is 42.6 Å². The molecule has 0 bridgehead atoms. The van der Waals surface area contributed by atoms with Gasteiger partial charge in [0.2, 0.25) is 0 Å². The first-order chi connectivity index (χ1) is 6.24. The van der Waals surface area contributed by atoms with Gasteiger partial charge in [-0.05, 0) is 0 Å². The highest BCUT2D eigenvalue weighted by molar-refractivity contribution is 7.47. The van der Waals surface area contributed by atoms with Crippen LogP contribution in [-0.2, 0) is 4.52 Å². The molecule has 0 atom stereocenters. The van der Waals surface area contributed by atoms with Gasteiger partial charge in [0.05, 0.1) is 0 Å². The molecule has 0 aliphatic heterocycles. The molecule has 0 radical (unpaired) electrons. The lowest BCUT2D eigenvalue weighted by Gasteiger charge is -2.34. The third-order valence-electron chi connectivity index (χ3n) is 2.11. The van der Waals surface area contributed by atoms with Crippen LogP contribution in [0.5, 0.6) is 0 Å². The fourth-order valence-electron chi connectivity index (χ4n) is 1.34. The molecule has 0 aromatic rings. The first kappa shape index (κ1) is 13.3. The molecule has 0 heterocycles. The fourth-order valence-corrected chi connectivity index (χ4v) is 3.13. The number of rotatable bonds is 7. The summed E-state index contributed by atoms with van der Waals surface area (Å²) in [7, 11) is 1.29. The van der Waals surface area contributed by atoms with Gasteiger partial charge in [0.1, 0.15) is 0 Å². The van der Waals surface area contributed by atoms with Crippen LogP contribution in [0.15, 0.2) is 0 Å². The lowest BCUT2D eigenvalue weighted by atomic mass is 10.7. The molecule has 0 fully saturated rings. The summed E-state index contributed by atoms with van der Waals surface area (Å²) in [6.07, 6.45) is 0. The summed E-state index contributed by atoms with van der Waals surface area (Å²) in [5.41, 5.74) is 0. The van der Waals surface area contributed by atoms with Gasteiger partial charge < -0.3 is 4.52 Å². The summed E-state index contributed by atoms with van der Waals surface area (Å²) >= 11 is 0. The zero-order valence-corrected chi connectivity index (χ0v) is 10.5.